The molecule has 19 heavy (non-hydrogen) atoms. The molecular weight excluding hydrogens is 273 g/mol. The predicted octanol–water partition coefficient (Wildman–Crippen LogP) is 1.04. The number of hydrogen-bond acceptors (Lipinski definition) is 5. The average Bonchev–Trinajstić information content (AvgIpc) is 2.65. The third kappa shape index (κ3) is 3.02. The van der Waals surface area contributed by atoms with Crippen LogP contribution < -0.4 is 11.1 Å². The lowest BCUT2D eigenvalue weighted by Gasteiger charge is -2.13. The first-order valence-electron chi connectivity index (χ1n) is 5.29. The molecule has 6 nitrogen and oxygen atoms in total. The first-order chi connectivity index (χ1) is 8.97. The normalized spacial score (nSPS) is 14.9. The minimum atomic E-state index is -0.567. The lowest BCUT2D eigenvalue weighted by Crippen LogP contribution is -2.36. The van der Waals surface area contributed by atoms with Crippen molar-refractivity contribution in [2.75, 3.05) is 23.3 Å². The summed E-state index contributed by atoms with van der Waals surface area (Å²) >= 11 is 0.850. The van der Waals surface area contributed by atoms with Gasteiger partial charge in [-0.05, 0) is 18.2 Å². The van der Waals surface area contributed by atoms with Gasteiger partial charge in [-0.15, -0.1) is 0 Å². The fourth-order valence-electron chi connectivity index (χ4n) is 1.51. The number of amides is 3. The van der Waals surface area contributed by atoms with E-state index in [9.17, 15) is 18.8 Å². The second-order valence-electron chi connectivity index (χ2n) is 3.81. The lowest BCUT2D eigenvalue weighted by atomic mass is 10.2. The Morgan fingerprint density at radius 1 is 1.47 bits per heavy atom. The number of hydrogen-bond donors (Lipinski definition) is 2. The van der Waals surface area contributed by atoms with Gasteiger partial charge in [0.15, 0.2) is 0 Å². The number of rotatable bonds is 3. The Kier molecular flexibility index (Phi) is 3.70. The van der Waals surface area contributed by atoms with Gasteiger partial charge in [0.05, 0.1) is 17.1 Å². The molecular formula is C11H10FN3O3S. The highest BCUT2D eigenvalue weighted by atomic mass is 32.2. The highest BCUT2D eigenvalue weighted by molar-refractivity contribution is 8.14. The van der Waals surface area contributed by atoms with E-state index >= 15 is 0 Å². The molecule has 1 aromatic carbocycles. The summed E-state index contributed by atoms with van der Waals surface area (Å²) in [5.74, 6) is -1.44. The van der Waals surface area contributed by atoms with Gasteiger partial charge in [-0.25, -0.2) is 4.39 Å². The molecule has 1 heterocycles. The Balaban J connectivity index is 2.01. The first kappa shape index (κ1) is 13.3. The monoisotopic (exact) mass is 283 g/mol. The number of thioether (sulfide) groups is 1. The summed E-state index contributed by atoms with van der Waals surface area (Å²) < 4.78 is 12.8. The fraction of sp³-hybridized carbons (Fsp3) is 0.182. The van der Waals surface area contributed by atoms with Crippen LogP contribution in [0.4, 0.5) is 20.6 Å². The number of halogens is 1. The Hall–Kier alpha value is -2.09. The van der Waals surface area contributed by atoms with E-state index < -0.39 is 22.9 Å². The van der Waals surface area contributed by atoms with E-state index in [2.05, 4.69) is 5.32 Å². The Morgan fingerprint density at radius 2 is 2.21 bits per heavy atom. The van der Waals surface area contributed by atoms with E-state index in [1.165, 1.54) is 6.07 Å². The molecule has 0 unspecified atom stereocenters. The molecule has 100 valence electrons. The molecule has 3 amide bonds. The minimum Gasteiger partial charge on any atom is -0.397 e. The van der Waals surface area contributed by atoms with Crippen LogP contribution >= 0.6 is 11.8 Å². The van der Waals surface area contributed by atoms with Crippen molar-refractivity contribution in [2.45, 2.75) is 0 Å². The summed E-state index contributed by atoms with van der Waals surface area (Å²) in [5.41, 5.74) is 5.83. The SMILES string of the molecule is Nc1cc(F)ccc1NC(=O)CN1C(=O)CSC1=O. The number of carbonyl (C=O) groups excluding carboxylic acids is 3. The van der Waals surface area contributed by atoms with Crippen molar-refractivity contribution in [1.29, 1.82) is 0 Å². The topological polar surface area (TPSA) is 92.5 Å². The molecule has 3 N–H and O–H groups in total. The number of benzene rings is 1. The van der Waals surface area contributed by atoms with Gasteiger partial charge in [0.25, 0.3) is 5.24 Å². The number of nitrogens with one attached hydrogen (secondary N) is 1. The molecule has 1 saturated heterocycles. The van der Waals surface area contributed by atoms with Gasteiger partial charge in [-0.3, -0.25) is 19.3 Å². The van der Waals surface area contributed by atoms with E-state index in [4.69, 9.17) is 5.73 Å². The molecule has 0 saturated carbocycles. The Labute approximate surface area is 112 Å². The van der Waals surface area contributed by atoms with Crippen molar-refractivity contribution < 1.29 is 18.8 Å². The summed E-state index contributed by atoms with van der Waals surface area (Å²) in [7, 11) is 0. The van der Waals surface area contributed by atoms with Gasteiger partial charge in [0.1, 0.15) is 12.4 Å². The van der Waals surface area contributed by atoms with Crippen molar-refractivity contribution in [3.63, 3.8) is 0 Å². The second-order valence-corrected chi connectivity index (χ2v) is 4.74. The highest BCUT2D eigenvalue weighted by Crippen LogP contribution is 2.21. The van der Waals surface area contributed by atoms with Gasteiger partial charge in [-0.1, -0.05) is 11.8 Å². The summed E-state index contributed by atoms with van der Waals surface area (Å²) in [6, 6.07) is 3.52. The van der Waals surface area contributed by atoms with Crippen LogP contribution in [0, 0.1) is 5.82 Å². The first-order valence-corrected chi connectivity index (χ1v) is 6.28. The highest BCUT2D eigenvalue weighted by Gasteiger charge is 2.31. The molecule has 1 fully saturated rings. The van der Waals surface area contributed by atoms with Crippen LogP contribution in [-0.4, -0.2) is 34.3 Å². The molecule has 0 aromatic heterocycles. The van der Waals surface area contributed by atoms with Crippen molar-refractivity contribution >= 4 is 40.2 Å². The fourth-order valence-corrected chi connectivity index (χ4v) is 2.24. The molecule has 0 radical (unpaired) electrons. The van der Waals surface area contributed by atoms with Crippen LogP contribution in [-0.2, 0) is 9.59 Å². The maximum absolute atomic E-state index is 12.8. The maximum atomic E-state index is 12.8. The number of nitrogen functional groups attached to an aromatic ring is 1. The smallest absolute Gasteiger partial charge is 0.289 e. The number of nitrogens with two attached hydrogens (primary N) is 1. The van der Waals surface area contributed by atoms with Crippen LogP contribution in [0.25, 0.3) is 0 Å². The van der Waals surface area contributed by atoms with Crippen LogP contribution in [0.2, 0.25) is 0 Å². The number of nitrogens with zero attached hydrogens (tertiary/aromatic N) is 1. The quantitative estimate of drug-likeness (QED) is 0.809. The van der Waals surface area contributed by atoms with Gasteiger partial charge >= 0.3 is 0 Å². The van der Waals surface area contributed by atoms with Gasteiger partial charge in [0, 0.05) is 0 Å². The molecule has 0 atom stereocenters. The van der Waals surface area contributed by atoms with Crippen molar-refractivity contribution in [1.82, 2.24) is 4.90 Å². The molecule has 1 aromatic rings. The van der Waals surface area contributed by atoms with Gasteiger partial charge < -0.3 is 11.1 Å². The lowest BCUT2D eigenvalue weighted by molar-refractivity contribution is -0.128. The minimum absolute atomic E-state index is 0.0464. The molecule has 0 bridgehead atoms. The summed E-state index contributed by atoms with van der Waals surface area (Å²) in [6.45, 7) is -0.374. The van der Waals surface area contributed by atoms with Crippen LogP contribution in [0.1, 0.15) is 0 Å². The third-order valence-electron chi connectivity index (χ3n) is 2.43. The zero-order valence-corrected chi connectivity index (χ0v) is 10.5. The number of carbonyl (C=O) groups is 3. The predicted molar refractivity (Wildman–Crippen MR) is 69.0 cm³/mol. The summed E-state index contributed by atoms with van der Waals surface area (Å²) in [5, 5.41) is 1.97. The standard InChI is InChI=1S/C11H10FN3O3S/c12-6-1-2-8(7(13)3-6)14-9(16)4-15-10(17)5-19-11(15)18/h1-3H,4-5,13H2,(H,14,16). The van der Waals surface area contributed by atoms with E-state index in [-0.39, 0.29) is 23.7 Å². The molecule has 0 aliphatic carbocycles. The average molecular weight is 283 g/mol. The zero-order chi connectivity index (χ0) is 14.0. The van der Waals surface area contributed by atoms with E-state index in [0.29, 0.717) is 0 Å². The van der Waals surface area contributed by atoms with Crippen molar-refractivity contribution in [2.24, 2.45) is 0 Å². The van der Waals surface area contributed by atoms with E-state index in [1.807, 2.05) is 0 Å². The Bertz CT molecular complexity index is 548. The van der Waals surface area contributed by atoms with Crippen LogP contribution in [0.5, 0.6) is 0 Å². The van der Waals surface area contributed by atoms with E-state index in [0.717, 1.165) is 28.8 Å². The molecule has 1 aliphatic heterocycles. The Morgan fingerprint density at radius 3 is 2.79 bits per heavy atom. The van der Waals surface area contributed by atoms with Crippen LogP contribution in [0.3, 0.4) is 0 Å². The summed E-state index contributed by atoms with van der Waals surface area (Å²) in [4.78, 5) is 35.2. The van der Waals surface area contributed by atoms with Gasteiger partial charge in [-0.2, -0.15) is 0 Å². The molecule has 1 aliphatic rings. The number of imide groups is 1. The third-order valence-corrected chi connectivity index (χ3v) is 3.29. The van der Waals surface area contributed by atoms with E-state index in [1.54, 1.807) is 0 Å². The van der Waals surface area contributed by atoms with Gasteiger partial charge in [0.2, 0.25) is 11.8 Å². The largest absolute Gasteiger partial charge is 0.397 e. The molecule has 2 rings (SSSR count). The molecule has 8 heteroatoms. The van der Waals surface area contributed by atoms with Crippen molar-refractivity contribution in [3.05, 3.63) is 24.0 Å². The molecule has 0 spiro atoms. The zero-order valence-electron chi connectivity index (χ0n) is 9.68. The second kappa shape index (κ2) is 5.27. The number of anilines is 2. The van der Waals surface area contributed by atoms with Crippen molar-refractivity contribution in [3.8, 4) is 0 Å². The maximum Gasteiger partial charge on any atom is 0.289 e. The van der Waals surface area contributed by atoms with Crippen LogP contribution in [0.15, 0.2) is 18.2 Å². The summed E-state index contributed by atoms with van der Waals surface area (Å²) in [6.07, 6.45) is 0.